The van der Waals surface area contributed by atoms with Gasteiger partial charge in [0.25, 0.3) is 5.82 Å². The van der Waals surface area contributed by atoms with E-state index in [1.807, 2.05) is 6.92 Å². The second kappa shape index (κ2) is 4.00. The lowest BCUT2D eigenvalue weighted by atomic mass is 9.85. The lowest BCUT2D eigenvalue weighted by Gasteiger charge is -2.20. The quantitative estimate of drug-likeness (QED) is 0.831. The van der Waals surface area contributed by atoms with Crippen molar-refractivity contribution < 1.29 is 14.4 Å². The van der Waals surface area contributed by atoms with Crippen LogP contribution in [0.1, 0.15) is 56.5 Å². The van der Waals surface area contributed by atoms with Gasteiger partial charge in [-0.25, -0.2) is 4.79 Å². The number of aromatic nitrogens is 2. The molecular weight excluding hydrogens is 196 g/mol. The zero-order valence-electron chi connectivity index (χ0n) is 9.44. The molecule has 0 aliphatic rings. The fraction of sp³-hybridized carbons (Fsp3) is 0.700. The van der Waals surface area contributed by atoms with Crippen LogP contribution in [0.2, 0.25) is 0 Å². The number of hydrogen-bond donors (Lipinski definition) is 1. The Bertz CT molecular complexity index is 352. The van der Waals surface area contributed by atoms with E-state index in [1.165, 1.54) is 0 Å². The number of carbonyl (C=O) groups is 1. The van der Waals surface area contributed by atoms with Crippen molar-refractivity contribution in [2.75, 3.05) is 0 Å². The second-order valence-corrected chi connectivity index (χ2v) is 4.93. The molecule has 0 radical (unpaired) electrons. The van der Waals surface area contributed by atoms with E-state index in [4.69, 9.17) is 9.63 Å². The summed E-state index contributed by atoms with van der Waals surface area (Å²) in [4.78, 5) is 14.4. The van der Waals surface area contributed by atoms with Crippen molar-refractivity contribution in [3.05, 3.63) is 11.7 Å². The van der Waals surface area contributed by atoms with Gasteiger partial charge in [-0.05, 0) is 17.0 Å². The molecule has 15 heavy (non-hydrogen) atoms. The molecule has 1 aromatic rings. The summed E-state index contributed by atoms with van der Waals surface area (Å²) in [5.74, 6) is -0.966. The van der Waals surface area contributed by atoms with Crippen LogP contribution < -0.4 is 0 Å². The first kappa shape index (κ1) is 11.7. The summed E-state index contributed by atoms with van der Waals surface area (Å²) in [6.07, 6.45) is 0.869. The van der Waals surface area contributed by atoms with Gasteiger partial charge in [0.05, 0.1) is 0 Å². The Morgan fingerprint density at radius 1 is 1.53 bits per heavy atom. The van der Waals surface area contributed by atoms with E-state index >= 15 is 0 Å². The van der Waals surface area contributed by atoms with Crippen molar-refractivity contribution in [1.29, 1.82) is 0 Å². The minimum Gasteiger partial charge on any atom is -0.475 e. The minimum absolute atomic E-state index is 0.0746. The standard InChI is InChI=1S/C10H16N2O3/c1-6(5-10(2,3)4)8-11-7(9(13)14)12-15-8/h6H,5H2,1-4H3,(H,13,14). The first-order valence-corrected chi connectivity index (χ1v) is 4.86. The summed E-state index contributed by atoms with van der Waals surface area (Å²) in [6, 6.07) is 0. The van der Waals surface area contributed by atoms with Gasteiger partial charge in [0.1, 0.15) is 0 Å². The molecule has 1 unspecified atom stereocenters. The molecule has 0 aromatic carbocycles. The molecule has 0 fully saturated rings. The molecule has 1 heterocycles. The molecule has 5 heteroatoms. The Labute approximate surface area is 88.5 Å². The highest BCUT2D eigenvalue weighted by atomic mass is 16.5. The smallest absolute Gasteiger partial charge is 0.377 e. The summed E-state index contributed by atoms with van der Waals surface area (Å²) in [5.41, 5.74) is 0.150. The topological polar surface area (TPSA) is 76.2 Å². The van der Waals surface area contributed by atoms with Crippen molar-refractivity contribution >= 4 is 5.97 Å². The Hall–Kier alpha value is -1.39. The molecule has 0 aliphatic carbocycles. The number of carboxylic acid groups (broad SMARTS) is 1. The third kappa shape index (κ3) is 3.34. The van der Waals surface area contributed by atoms with Crippen LogP contribution in [0.25, 0.3) is 0 Å². The molecule has 1 aromatic heterocycles. The summed E-state index contributed by atoms with van der Waals surface area (Å²) >= 11 is 0. The predicted molar refractivity (Wildman–Crippen MR) is 53.7 cm³/mol. The third-order valence-corrected chi connectivity index (χ3v) is 1.97. The van der Waals surface area contributed by atoms with E-state index in [9.17, 15) is 4.79 Å². The van der Waals surface area contributed by atoms with Gasteiger partial charge in [-0.2, -0.15) is 4.98 Å². The highest BCUT2D eigenvalue weighted by molar-refractivity contribution is 5.82. The second-order valence-electron chi connectivity index (χ2n) is 4.93. The number of rotatable bonds is 3. The SMILES string of the molecule is CC(CC(C)(C)C)c1nc(C(=O)O)no1. The number of nitrogens with zero attached hydrogens (tertiary/aromatic N) is 2. The number of aromatic carboxylic acids is 1. The molecular formula is C10H16N2O3. The van der Waals surface area contributed by atoms with Gasteiger partial charge in [-0.1, -0.05) is 27.7 Å². The average molecular weight is 212 g/mol. The average Bonchev–Trinajstić information content (AvgIpc) is 2.47. The van der Waals surface area contributed by atoms with Gasteiger partial charge in [-0.3, -0.25) is 0 Å². The van der Waals surface area contributed by atoms with Crippen LogP contribution in [0.3, 0.4) is 0 Å². The van der Waals surface area contributed by atoms with E-state index in [1.54, 1.807) is 0 Å². The van der Waals surface area contributed by atoms with Gasteiger partial charge in [0.2, 0.25) is 5.89 Å². The first-order chi connectivity index (χ1) is 6.79. The van der Waals surface area contributed by atoms with Crippen LogP contribution in [0, 0.1) is 5.41 Å². The molecule has 0 aliphatic heterocycles. The van der Waals surface area contributed by atoms with Crippen molar-refractivity contribution in [3.8, 4) is 0 Å². The summed E-state index contributed by atoms with van der Waals surface area (Å²) in [6.45, 7) is 8.28. The van der Waals surface area contributed by atoms with Crippen molar-refractivity contribution in [1.82, 2.24) is 10.1 Å². The lowest BCUT2D eigenvalue weighted by Crippen LogP contribution is -2.10. The molecule has 0 spiro atoms. The van der Waals surface area contributed by atoms with Crippen LogP contribution in [-0.2, 0) is 0 Å². The normalized spacial score (nSPS) is 13.9. The van der Waals surface area contributed by atoms with Crippen LogP contribution in [0.15, 0.2) is 4.52 Å². The van der Waals surface area contributed by atoms with Crippen LogP contribution >= 0.6 is 0 Å². The highest BCUT2D eigenvalue weighted by Crippen LogP contribution is 2.29. The third-order valence-electron chi connectivity index (χ3n) is 1.97. The van der Waals surface area contributed by atoms with Crippen molar-refractivity contribution in [2.24, 2.45) is 5.41 Å². The van der Waals surface area contributed by atoms with E-state index in [2.05, 4.69) is 30.9 Å². The van der Waals surface area contributed by atoms with Crippen molar-refractivity contribution in [3.63, 3.8) is 0 Å². The van der Waals surface area contributed by atoms with Gasteiger partial charge in [0, 0.05) is 5.92 Å². The highest BCUT2D eigenvalue weighted by Gasteiger charge is 2.22. The molecule has 0 amide bonds. The fourth-order valence-corrected chi connectivity index (χ4v) is 1.53. The molecule has 0 saturated heterocycles. The zero-order valence-corrected chi connectivity index (χ0v) is 9.44. The summed E-state index contributed by atoms with van der Waals surface area (Å²) < 4.78 is 4.89. The van der Waals surface area contributed by atoms with Crippen LogP contribution in [0.5, 0.6) is 0 Å². The first-order valence-electron chi connectivity index (χ1n) is 4.86. The van der Waals surface area contributed by atoms with E-state index in [-0.39, 0.29) is 17.2 Å². The van der Waals surface area contributed by atoms with Gasteiger partial charge in [-0.15, -0.1) is 0 Å². The van der Waals surface area contributed by atoms with Crippen molar-refractivity contribution in [2.45, 2.75) is 40.0 Å². The van der Waals surface area contributed by atoms with E-state index in [0.29, 0.717) is 5.89 Å². The van der Waals surface area contributed by atoms with Crippen LogP contribution in [-0.4, -0.2) is 21.2 Å². The minimum atomic E-state index is -1.16. The number of carboxylic acids is 1. The Morgan fingerprint density at radius 2 is 2.13 bits per heavy atom. The molecule has 0 saturated carbocycles. The maximum atomic E-state index is 10.5. The molecule has 5 nitrogen and oxygen atoms in total. The largest absolute Gasteiger partial charge is 0.475 e. The fourth-order valence-electron chi connectivity index (χ4n) is 1.53. The molecule has 1 rings (SSSR count). The van der Waals surface area contributed by atoms with Gasteiger partial charge >= 0.3 is 5.97 Å². The predicted octanol–water partition coefficient (Wildman–Crippen LogP) is 2.31. The Morgan fingerprint density at radius 3 is 2.53 bits per heavy atom. The van der Waals surface area contributed by atoms with E-state index < -0.39 is 5.97 Å². The Kier molecular flexibility index (Phi) is 3.12. The molecule has 84 valence electrons. The number of hydrogen-bond acceptors (Lipinski definition) is 4. The zero-order chi connectivity index (χ0) is 11.6. The molecule has 1 atom stereocenters. The maximum Gasteiger partial charge on any atom is 0.377 e. The monoisotopic (exact) mass is 212 g/mol. The van der Waals surface area contributed by atoms with Gasteiger partial charge in [0.15, 0.2) is 0 Å². The van der Waals surface area contributed by atoms with Gasteiger partial charge < -0.3 is 9.63 Å². The summed E-state index contributed by atoms with van der Waals surface area (Å²) in [5, 5.41) is 12.0. The van der Waals surface area contributed by atoms with Crippen LogP contribution in [0.4, 0.5) is 0 Å². The molecule has 0 bridgehead atoms. The summed E-state index contributed by atoms with van der Waals surface area (Å²) in [7, 11) is 0. The lowest BCUT2D eigenvalue weighted by molar-refractivity contribution is 0.0680. The maximum absolute atomic E-state index is 10.5. The molecule has 1 N–H and O–H groups in total. The van der Waals surface area contributed by atoms with E-state index in [0.717, 1.165) is 6.42 Å². The Balaban J connectivity index is 2.74.